The number of hydrogen-bond donors (Lipinski definition) is 2. The molecule has 1 unspecified atom stereocenters. The third-order valence-electron chi connectivity index (χ3n) is 11.2. The molecule has 0 fully saturated rings. The van der Waals surface area contributed by atoms with E-state index in [0.29, 0.717) is 29.1 Å². The average molecular weight is 881 g/mol. The van der Waals surface area contributed by atoms with Crippen LogP contribution < -0.4 is 19.7 Å². The van der Waals surface area contributed by atoms with Gasteiger partial charge in [0.15, 0.2) is 10.9 Å². The fourth-order valence-electron chi connectivity index (χ4n) is 8.29. The van der Waals surface area contributed by atoms with Crippen LogP contribution in [-0.4, -0.2) is 59.2 Å². The second-order valence-corrected chi connectivity index (χ2v) is 19.2. The number of thiazole rings is 1. The van der Waals surface area contributed by atoms with Gasteiger partial charge < -0.3 is 24.8 Å². The minimum atomic E-state index is -0.718. The molecular formula is C51H60N8O4S. The highest BCUT2D eigenvalue weighted by molar-refractivity contribution is 7.22. The highest BCUT2D eigenvalue weighted by Crippen LogP contribution is 2.42. The molecule has 1 atom stereocenters. The van der Waals surface area contributed by atoms with Gasteiger partial charge in [0.2, 0.25) is 6.29 Å². The van der Waals surface area contributed by atoms with Crippen molar-refractivity contribution in [3.05, 3.63) is 114 Å². The molecule has 0 aliphatic carbocycles. The van der Waals surface area contributed by atoms with Gasteiger partial charge in [0.25, 0.3) is 5.91 Å². The summed E-state index contributed by atoms with van der Waals surface area (Å²) >= 11 is 1.57. The molecule has 1 aliphatic rings. The molecule has 0 radical (unpaired) electrons. The topological polar surface area (TPSA) is 137 Å². The van der Waals surface area contributed by atoms with Crippen LogP contribution in [0.3, 0.4) is 0 Å². The van der Waals surface area contributed by atoms with Crippen molar-refractivity contribution in [1.82, 2.24) is 14.9 Å². The normalized spacial score (nSPS) is 14.3. The lowest BCUT2D eigenvalue weighted by molar-refractivity contribution is 0.102. The summed E-state index contributed by atoms with van der Waals surface area (Å²) < 4.78 is 12.8. The Labute approximate surface area is 380 Å². The molecule has 1 amide bonds. The quantitative estimate of drug-likeness (QED) is 0.0643. The number of carbonyl (C=O) groups is 1. The molecule has 0 saturated heterocycles. The molecule has 12 nitrogen and oxygen atoms in total. The number of aromatic hydroxyl groups is 1. The van der Waals surface area contributed by atoms with Crippen molar-refractivity contribution in [3.8, 4) is 17.2 Å². The number of hydrogen-bond acceptors (Lipinski definition) is 12. The van der Waals surface area contributed by atoms with Gasteiger partial charge in [-0.2, -0.15) is 5.11 Å². The number of anilines is 3. The summed E-state index contributed by atoms with van der Waals surface area (Å²) in [7, 11) is 3.53. The minimum absolute atomic E-state index is 0.0102. The number of amides is 1. The Morgan fingerprint density at radius 3 is 2.48 bits per heavy atom. The van der Waals surface area contributed by atoms with E-state index < -0.39 is 12.2 Å². The number of unbranched alkanes of at least 4 members (excludes halogenated alkanes) is 5. The largest absolute Gasteiger partial charge is 0.505 e. The van der Waals surface area contributed by atoms with Crippen LogP contribution >= 0.6 is 11.3 Å². The number of carbonyl (C=O) groups excluding carboxylic acids is 1. The number of methoxy groups -OCH3 is 1. The first-order valence-electron chi connectivity index (χ1n) is 22.1. The van der Waals surface area contributed by atoms with Gasteiger partial charge in [0.1, 0.15) is 17.0 Å². The summed E-state index contributed by atoms with van der Waals surface area (Å²) in [5.41, 5.74) is 4.65. The number of ether oxygens (including phenoxy) is 2. The molecular weight excluding hydrogens is 821 g/mol. The van der Waals surface area contributed by atoms with E-state index in [1.54, 1.807) is 49.1 Å². The Kier molecular flexibility index (Phi) is 14.3. The van der Waals surface area contributed by atoms with Crippen LogP contribution in [-0.2, 0) is 5.41 Å². The molecule has 2 aromatic heterocycles. The summed E-state index contributed by atoms with van der Waals surface area (Å²) in [5.74, 6) is 0.549. The van der Waals surface area contributed by atoms with Gasteiger partial charge in [-0.25, -0.2) is 9.98 Å². The third kappa shape index (κ3) is 10.9. The van der Waals surface area contributed by atoms with E-state index >= 15 is 0 Å². The SMILES string of the molecule is CCCCCCCCOc1ccc(C(C)(C)CC(C)(C)C)cc1NC(=O)c1cc(N=NC2N=CC(N(c3ccccc3)c3nc4cc(OC)ccc4s3)=CN2C)c2cccnc2c1O. The van der Waals surface area contributed by atoms with Gasteiger partial charge in [-0.1, -0.05) is 109 Å². The predicted octanol–water partition coefficient (Wildman–Crippen LogP) is 13.3. The fourth-order valence-corrected chi connectivity index (χ4v) is 9.27. The molecule has 13 heteroatoms. The van der Waals surface area contributed by atoms with Crippen molar-refractivity contribution in [3.63, 3.8) is 0 Å². The van der Waals surface area contributed by atoms with Crippen LogP contribution in [0.1, 0.15) is 102 Å². The maximum Gasteiger partial charge on any atom is 0.259 e. The van der Waals surface area contributed by atoms with Crippen LogP contribution in [0.4, 0.5) is 22.2 Å². The van der Waals surface area contributed by atoms with Gasteiger partial charge in [-0.15, -0.1) is 5.11 Å². The Morgan fingerprint density at radius 2 is 1.73 bits per heavy atom. The molecule has 3 heterocycles. The van der Waals surface area contributed by atoms with Crippen molar-refractivity contribution in [2.75, 3.05) is 31.0 Å². The van der Waals surface area contributed by atoms with E-state index in [2.05, 4.69) is 73.0 Å². The standard InChI is InChI=1S/C51H60N8O4S/c1-9-10-11-12-13-17-27-63-43-24-22-34(51(5,6)33-50(2,3)4)28-41(43)54-47(61)39-30-40(38-21-18-26-52-45(38)46(39)60)56-57-48-53-31-36(32-58(48)7)59(35-19-15-14-16-20-35)49-55-42-29-37(62-8)23-25-44(42)64-49/h14-16,18-26,28-32,48,60H,9-13,17,27,33H2,1-8H3,(H,54,61). The maximum absolute atomic E-state index is 14.3. The van der Waals surface area contributed by atoms with Crippen molar-refractivity contribution >= 4 is 66.8 Å². The predicted molar refractivity (Wildman–Crippen MR) is 261 cm³/mol. The Balaban J connectivity index is 1.16. The molecule has 1 aliphatic heterocycles. The van der Waals surface area contributed by atoms with Crippen LogP contribution in [0.25, 0.3) is 21.1 Å². The molecule has 6 aromatic rings. The Bertz CT molecular complexity index is 2670. The first-order chi connectivity index (χ1) is 30.7. The molecule has 334 valence electrons. The molecule has 0 bridgehead atoms. The molecule has 64 heavy (non-hydrogen) atoms. The summed E-state index contributed by atoms with van der Waals surface area (Å²) in [6.07, 6.45) is 12.3. The van der Waals surface area contributed by atoms with E-state index in [0.717, 1.165) is 57.3 Å². The summed E-state index contributed by atoms with van der Waals surface area (Å²) in [6, 6.07) is 27.0. The van der Waals surface area contributed by atoms with Gasteiger partial charge >= 0.3 is 0 Å². The Hall–Kier alpha value is -6.34. The van der Waals surface area contributed by atoms with E-state index in [4.69, 9.17) is 19.5 Å². The lowest BCUT2D eigenvalue weighted by atomic mass is 9.72. The van der Waals surface area contributed by atoms with E-state index in [9.17, 15) is 9.90 Å². The van der Waals surface area contributed by atoms with Gasteiger partial charge in [-0.3, -0.25) is 14.7 Å². The molecule has 7 rings (SSSR count). The summed E-state index contributed by atoms with van der Waals surface area (Å²) in [4.78, 5) is 32.5. The number of benzene rings is 4. The number of phenols is 1. The summed E-state index contributed by atoms with van der Waals surface area (Å²) in [5, 5.41) is 25.3. The number of pyridine rings is 1. The number of allylic oxidation sites excluding steroid dienone is 1. The first-order valence-corrected chi connectivity index (χ1v) is 22.9. The smallest absolute Gasteiger partial charge is 0.259 e. The third-order valence-corrected chi connectivity index (χ3v) is 12.2. The van der Waals surface area contributed by atoms with Gasteiger partial charge in [-0.05, 0) is 83.8 Å². The monoisotopic (exact) mass is 880 g/mol. The second-order valence-electron chi connectivity index (χ2n) is 18.2. The highest BCUT2D eigenvalue weighted by atomic mass is 32.1. The number of nitrogens with one attached hydrogen (secondary N) is 1. The Morgan fingerprint density at radius 1 is 0.953 bits per heavy atom. The van der Waals surface area contributed by atoms with E-state index in [1.165, 1.54) is 25.7 Å². The number of azo groups is 1. The van der Waals surface area contributed by atoms with Crippen LogP contribution in [0.5, 0.6) is 17.2 Å². The van der Waals surface area contributed by atoms with Crippen LogP contribution in [0.15, 0.2) is 118 Å². The fraction of sp³-hybridized carbons (Fsp3) is 0.373. The van der Waals surface area contributed by atoms with Gasteiger partial charge in [0, 0.05) is 36.6 Å². The van der Waals surface area contributed by atoms with E-state index in [1.807, 2.05) is 78.8 Å². The number of para-hydroxylation sites is 1. The van der Waals surface area contributed by atoms with Crippen molar-refractivity contribution in [2.45, 2.75) is 98.2 Å². The van der Waals surface area contributed by atoms with E-state index in [-0.39, 0.29) is 27.7 Å². The number of rotatable bonds is 18. The lowest BCUT2D eigenvalue weighted by Gasteiger charge is -2.33. The van der Waals surface area contributed by atoms with Crippen LogP contribution in [0.2, 0.25) is 0 Å². The second kappa shape index (κ2) is 20.0. The highest BCUT2D eigenvalue weighted by Gasteiger charge is 2.29. The average Bonchev–Trinajstić information content (AvgIpc) is 3.69. The molecule has 0 saturated carbocycles. The zero-order chi connectivity index (χ0) is 45.4. The molecule has 0 spiro atoms. The zero-order valence-corrected chi connectivity index (χ0v) is 39.1. The minimum Gasteiger partial charge on any atom is -0.505 e. The number of aromatic nitrogens is 2. The number of aliphatic imine (C=N–C) groups is 1. The molecule has 4 aromatic carbocycles. The zero-order valence-electron chi connectivity index (χ0n) is 38.3. The van der Waals surface area contributed by atoms with Crippen molar-refractivity contribution in [2.24, 2.45) is 20.6 Å². The first kappa shape index (κ1) is 45.7. The van der Waals surface area contributed by atoms with Crippen LogP contribution in [0, 0.1) is 5.41 Å². The summed E-state index contributed by atoms with van der Waals surface area (Å²) in [6.45, 7) is 13.9. The van der Waals surface area contributed by atoms with Crippen molar-refractivity contribution < 1.29 is 19.4 Å². The molecule has 2 N–H and O–H groups in total. The maximum atomic E-state index is 14.3. The number of nitrogens with zero attached hydrogens (tertiary/aromatic N) is 7. The number of phenolic OH excluding ortho intramolecular Hbond substituents is 1. The van der Waals surface area contributed by atoms with Crippen molar-refractivity contribution in [1.29, 1.82) is 0 Å². The number of fused-ring (bicyclic) bond motifs is 2. The lowest BCUT2D eigenvalue weighted by Crippen LogP contribution is -2.31. The van der Waals surface area contributed by atoms with Gasteiger partial charge in [0.05, 0.1) is 52.8 Å².